The summed E-state index contributed by atoms with van der Waals surface area (Å²) in [5.74, 6) is -2.82. The van der Waals surface area contributed by atoms with Gasteiger partial charge >= 0.3 is 11.9 Å². The Hall–Kier alpha value is -3.21. The van der Waals surface area contributed by atoms with Gasteiger partial charge in [-0.05, 0) is 12.1 Å². The van der Waals surface area contributed by atoms with Crippen molar-refractivity contribution in [1.29, 1.82) is 0 Å². The van der Waals surface area contributed by atoms with Crippen molar-refractivity contribution >= 4 is 23.8 Å². The summed E-state index contributed by atoms with van der Waals surface area (Å²) in [6.45, 7) is 0. The molecule has 0 unspecified atom stereocenters. The molecule has 0 aliphatic rings. The van der Waals surface area contributed by atoms with Gasteiger partial charge in [0.05, 0.1) is 5.56 Å². The Bertz CT molecular complexity index is 760. The molecular weight excluding hydrogens is 284 g/mol. The largest absolute Gasteiger partial charge is 0.478 e. The fraction of sp³-hybridized carbons (Fsp3) is 0. The van der Waals surface area contributed by atoms with E-state index in [-0.39, 0.29) is 22.5 Å². The van der Waals surface area contributed by atoms with E-state index in [1.54, 1.807) is 30.3 Å². The van der Waals surface area contributed by atoms with Crippen molar-refractivity contribution in [2.24, 2.45) is 0 Å². The molecule has 22 heavy (non-hydrogen) atoms. The maximum atomic E-state index is 12.5. The molecule has 0 saturated heterocycles. The summed E-state index contributed by atoms with van der Waals surface area (Å²) in [5, 5.41) is 17.9. The van der Waals surface area contributed by atoms with Crippen LogP contribution in [0.4, 0.5) is 0 Å². The maximum absolute atomic E-state index is 12.5. The highest BCUT2D eigenvalue weighted by Gasteiger charge is 2.18. The molecule has 0 amide bonds. The summed E-state index contributed by atoms with van der Waals surface area (Å²) in [7, 11) is 0. The van der Waals surface area contributed by atoms with Gasteiger partial charge in [-0.3, -0.25) is 4.79 Å². The zero-order valence-corrected chi connectivity index (χ0v) is 11.4. The Morgan fingerprint density at radius 1 is 0.818 bits per heavy atom. The van der Waals surface area contributed by atoms with Crippen molar-refractivity contribution in [3.8, 4) is 0 Å². The van der Waals surface area contributed by atoms with Crippen molar-refractivity contribution in [2.45, 2.75) is 0 Å². The van der Waals surface area contributed by atoms with Gasteiger partial charge in [-0.15, -0.1) is 0 Å². The number of aliphatic carboxylic acids is 1. The van der Waals surface area contributed by atoms with Crippen LogP contribution in [0.1, 0.15) is 31.8 Å². The van der Waals surface area contributed by atoms with Crippen molar-refractivity contribution in [1.82, 2.24) is 0 Å². The van der Waals surface area contributed by atoms with Crippen LogP contribution in [0.15, 0.2) is 54.6 Å². The van der Waals surface area contributed by atoms with Crippen LogP contribution in [0.5, 0.6) is 0 Å². The van der Waals surface area contributed by atoms with Crippen LogP contribution < -0.4 is 0 Å². The first-order chi connectivity index (χ1) is 10.5. The second-order valence-corrected chi connectivity index (χ2v) is 4.44. The Kier molecular flexibility index (Phi) is 4.48. The van der Waals surface area contributed by atoms with Crippen molar-refractivity contribution in [3.63, 3.8) is 0 Å². The molecule has 0 fully saturated rings. The van der Waals surface area contributed by atoms with E-state index in [0.29, 0.717) is 5.56 Å². The molecule has 2 N–H and O–H groups in total. The quantitative estimate of drug-likeness (QED) is 0.654. The molecule has 2 aromatic rings. The molecule has 0 spiro atoms. The average Bonchev–Trinajstić information content (AvgIpc) is 2.52. The monoisotopic (exact) mass is 296 g/mol. The van der Waals surface area contributed by atoms with E-state index in [1.165, 1.54) is 18.2 Å². The minimum Gasteiger partial charge on any atom is -0.478 e. The van der Waals surface area contributed by atoms with E-state index in [0.717, 1.165) is 12.2 Å². The van der Waals surface area contributed by atoms with Crippen molar-refractivity contribution in [3.05, 3.63) is 76.9 Å². The molecule has 0 aliphatic heterocycles. The van der Waals surface area contributed by atoms with Gasteiger partial charge in [0.15, 0.2) is 5.78 Å². The highest BCUT2D eigenvalue weighted by Crippen LogP contribution is 2.20. The first-order valence-corrected chi connectivity index (χ1v) is 6.37. The summed E-state index contributed by atoms with van der Waals surface area (Å²) in [6, 6.07) is 12.6. The molecule has 110 valence electrons. The summed E-state index contributed by atoms with van der Waals surface area (Å²) in [4.78, 5) is 34.5. The number of rotatable bonds is 5. The van der Waals surface area contributed by atoms with Crippen LogP contribution in [-0.4, -0.2) is 27.9 Å². The van der Waals surface area contributed by atoms with Crippen molar-refractivity contribution in [2.75, 3.05) is 0 Å². The molecule has 0 bridgehead atoms. The molecule has 0 heterocycles. The highest BCUT2D eigenvalue weighted by molar-refractivity contribution is 6.13. The topological polar surface area (TPSA) is 91.7 Å². The molecule has 0 radical (unpaired) electrons. The third-order valence-corrected chi connectivity index (χ3v) is 3.01. The van der Waals surface area contributed by atoms with E-state index < -0.39 is 11.9 Å². The lowest BCUT2D eigenvalue weighted by molar-refractivity contribution is -0.131. The summed E-state index contributed by atoms with van der Waals surface area (Å²) >= 11 is 0. The molecule has 5 nitrogen and oxygen atoms in total. The molecule has 2 rings (SSSR count). The number of aromatic carboxylic acids is 1. The molecular formula is C17H12O5. The first kappa shape index (κ1) is 15.2. The summed E-state index contributed by atoms with van der Waals surface area (Å²) in [5.41, 5.74) is 0.490. The van der Waals surface area contributed by atoms with Crippen LogP contribution in [0, 0.1) is 0 Å². The van der Waals surface area contributed by atoms with Gasteiger partial charge in [0.25, 0.3) is 0 Å². The van der Waals surface area contributed by atoms with E-state index >= 15 is 0 Å². The van der Waals surface area contributed by atoms with Crippen LogP contribution in [-0.2, 0) is 4.79 Å². The zero-order valence-electron chi connectivity index (χ0n) is 11.4. The zero-order chi connectivity index (χ0) is 16.1. The number of hydrogen-bond acceptors (Lipinski definition) is 3. The number of hydrogen-bond donors (Lipinski definition) is 2. The fourth-order valence-corrected chi connectivity index (χ4v) is 2.03. The van der Waals surface area contributed by atoms with Crippen LogP contribution in [0.2, 0.25) is 0 Å². The molecule has 2 aromatic carbocycles. The standard InChI is InChI=1S/C17H12O5/c18-15(19)10-9-12-13(7-4-8-14(12)17(21)22)16(20)11-5-2-1-3-6-11/h1-10H,(H,18,19)(H,21,22). The lowest BCUT2D eigenvalue weighted by atomic mass is 9.94. The van der Waals surface area contributed by atoms with Gasteiger partial charge < -0.3 is 10.2 Å². The summed E-state index contributed by atoms with van der Waals surface area (Å²) < 4.78 is 0. The number of benzene rings is 2. The Morgan fingerprint density at radius 3 is 2.05 bits per heavy atom. The van der Waals surface area contributed by atoms with E-state index in [2.05, 4.69) is 0 Å². The van der Waals surface area contributed by atoms with E-state index in [1.807, 2.05) is 0 Å². The Morgan fingerprint density at radius 2 is 1.45 bits per heavy atom. The molecule has 5 heteroatoms. The molecule has 0 aliphatic carbocycles. The van der Waals surface area contributed by atoms with Crippen LogP contribution in [0.3, 0.4) is 0 Å². The van der Waals surface area contributed by atoms with Gasteiger partial charge in [-0.1, -0.05) is 42.5 Å². The predicted octanol–water partition coefficient (Wildman–Crippen LogP) is 2.71. The molecule has 0 saturated carbocycles. The summed E-state index contributed by atoms with van der Waals surface area (Å²) in [6.07, 6.45) is 1.94. The lowest BCUT2D eigenvalue weighted by Crippen LogP contribution is -2.09. The van der Waals surface area contributed by atoms with Crippen LogP contribution in [0.25, 0.3) is 6.08 Å². The Balaban J connectivity index is 2.60. The minimum absolute atomic E-state index is 0.0752. The number of carbonyl (C=O) groups excluding carboxylic acids is 1. The van der Waals surface area contributed by atoms with Gasteiger partial charge in [-0.2, -0.15) is 0 Å². The average molecular weight is 296 g/mol. The normalized spacial score (nSPS) is 10.5. The predicted molar refractivity (Wildman–Crippen MR) is 79.9 cm³/mol. The second kappa shape index (κ2) is 6.49. The van der Waals surface area contributed by atoms with Gasteiger partial charge in [-0.25, -0.2) is 9.59 Å². The van der Waals surface area contributed by atoms with Gasteiger partial charge in [0.1, 0.15) is 0 Å². The second-order valence-electron chi connectivity index (χ2n) is 4.44. The third kappa shape index (κ3) is 3.27. The van der Waals surface area contributed by atoms with Gasteiger partial charge in [0.2, 0.25) is 0 Å². The number of carboxylic acid groups (broad SMARTS) is 2. The number of carbonyl (C=O) groups is 3. The fourth-order valence-electron chi connectivity index (χ4n) is 2.03. The molecule has 0 aromatic heterocycles. The molecule has 0 atom stereocenters. The Labute approximate surface area is 126 Å². The third-order valence-electron chi connectivity index (χ3n) is 3.01. The lowest BCUT2D eigenvalue weighted by Gasteiger charge is -2.08. The smallest absolute Gasteiger partial charge is 0.336 e. The minimum atomic E-state index is -1.23. The van der Waals surface area contributed by atoms with Crippen LogP contribution >= 0.6 is 0 Å². The van der Waals surface area contributed by atoms with Crippen molar-refractivity contribution < 1.29 is 24.6 Å². The highest BCUT2D eigenvalue weighted by atomic mass is 16.4. The maximum Gasteiger partial charge on any atom is 0.336 e. The van der Waals surface area contributed by atoms with E-state index in [4.69, 9.17) is 5.11 Å². The SMILES string of the molecule is O=C(O)C=Cc1c(C(=O)O)cccc1C(=O)c1ccccc1. The number of ketones is 1. The van der Waals surface area contributed by atoms with Gasteiger partial charge in [0, 0.05) is 22.8 Å². The number of carboxylic acids is 2. The van der Waals surface area contributed by atoms with E-state index in [9.17, 15) is 19.5 Å². The first-order valence-electron chi connectivity index (χ1n) is 6.37.